The molecule has 2 rings (SSSR count). The van der Waals surface area contributed by atoms with Gasteiger partial charge in [0.05, 0.1) is 12.1 Å². The lowest BCUT2D eigenvalue weighted by Gasteiger charge is -1.96. The third-order valence-corrected chi connectivity index (χ3v) is 1.83. The summed E-state index contributed by atoms with van der Waals surface area (Å²) in [6.07, 6.45) is 4.62. The number of carbonyl (C=O) groups excluding carboxylic acids is 1. The molecule has 0 saturated carbocycles. The molecule has 0 unspecified atom stereocenters. The van der Waals surface area contributed by atoms with Crippen LogP contribution in [0.3, 0.4) is 0 Å². The molecule has 66 valence electrons. The number of hydrazone groups is 1. The van der Waals surface area contributed by atoms with E-state index in [0.29, 0.717) is 12.8 Å². The molecule has 4 nitrogen and oxygen atoms in total. The molecule has 0 radical (unpaired) electrons. The van der Waals surface area contributed by atoms with Gasteiger partial charge in [-0.2, -0.15) is 5.10 Å². The number of nitrogens with one attached hydrogen (secondary N) is 1. The number of pyridine rings is 1. The Morgan fingerprint density at radius 1 is 1.54 bits per heavy atom. The van der Waals surface area contributed by atoms with Crippen LogP contribution < -0.4 is 5.43 Å². The number of hydrogen-bond donors (Lipinski definition) is 1. The molecule has 0 fully saturated rings. The van der Waals surface area contributed by atoms with Gasteiger partial charge in [0.25, 0.3) is 0 Å². The Labute approximate surface area is 75.7 Å². The summed E-state index contributed by atoms with van der Waals surface area (Å²) in [5.74, 6) is -0.0288. The van der Waals surface area contributed by atoms with E-state index in [4.69, 9.17) is 0 Å². The topological polar surface area (TPSA) is 54.4 Å². The van der Waals surface area contributed by atoms with Gasteiger partial charge in [0.2, 0.25) is 5.91 Å². The molecule has 4 heteroatoms. The number of carbonyl (C=O) groups is 1. The van der Waals surface area contributed by atoms with Crippen LogP contribution >= 0.6 is 0 Å². The quantitative estimate of drug-likeness (QED) is 0.711. The van der Waals surface area contributed by atoms with Crippen molar-refractivity contribution in [3.63, 3.8) is 0 Å². The highest BCUT2D eigenvalue weighted by Gasteiger charge is 2.14. The van der Waals surface area contributed by atoms with Crippen LogP contribution in [0.4, 0.5) is 0 Å². The van der Waals surface area contributed by atoms with Gasteiger partial charge >= 0.3 is 0 Å². The highest BCUT2D eigenvalue weighted by molar-refractivity contribution is 6.05. The predicted molar refractivity (Wildman–Crippen MR) is 48.1 cm³/mol. The van der Waals surface area contributed by atoms with Gasteiger partial charge in [0.1, 0.15) is 0 Å². The molecule has 1 aliphatic heterocycles. The average Bonchev–Trinajstić information content (AvgIpc) is 2.53. The maximum Gasteiger partial charge on any atom is 0.245 e. The summed E-state index contributed by atoms with van der Waals surface area (Å²) < 4.78 is 0. The second-order valence-corrected chi connectivity index (χ2v) is 2.93. The van der Waals surface area contributed by atoms with E-state index in [1.165, 1.54) is 0 Å². The van der Waals surface area contributed by atoms with E-state index in [1.807, 2.05) is 12.1 Å². The van der Waals surface area contributed by atoms with E-state index in [-0.39, 0.29) is 5.91 Å². The second kappa shape index (κ2) is 3.35. The molecule has 0 spiro atoms. The maximum absolute atomic E-state index is 10.8. The average molecular weight is 175 g/mol. The molecule has 2 heterocycles. The van der Waals surface area contributed by atoms with Crippen molar-refractivity contribution in [3.8, 4) is 0 Å². The number of hydrogen-bond acceptors (Lipinski definition) is 3. The molecule has 1 amide bonds. The zero-order chi connectivity index (χ0) is 9.10. The zero-order valence-electron chi connectivity index (χ0n) is 7.03. The molecule has 0 bridgehead atoms. The first-order valence-electron chi connectivity index (χ1n) is 4.08. The molecule has 0 atom stereocenters. The van der Waals surface area contributed by atoms with E-state index in [1.54, 1.807) is 12.4 Å². The van der Waals surface area contributed by atoms with E-state index < -0.39 is 0 Å². The van der Waals surface area contributed by atoms with Gasteiger partial charge in [0.15, 0.2) is 0 Å². The second-order valence-electron chi connectivity index (χ2n) is 2.93. The van der Waals surface area contributed by atoms with Gasteiger partial charge in [-0.25, -0.2) is 5.43 Å². The van der Waals surface area contributed by atoms with Crippen LogP contribution in [0.25, 0.3) is 0 Å². The van der Waals surface area contributed by atoms with Gasteiger partial charge in [0, 0.05) is 18.8 Å². The molecule has 13 heavy (non-hydrogen) atoms. The van der Waals surface area contributed by atoms with Crippen molar-refractivity contribution in [2.75, 3.05) is 0 Å². The Morgan fingerprint density at radius 3 is 3.08 bits per heavy atom. The summed E-state index contributed by atoms with van der Waals surface area (Å²) in [7, 11) is 0. The van der Waals surface area contributed by atoms with Gasteiger partial charge in [-0.05, 0) is 11.6 Å². The molecule has 1 aliphatic rings. The van der Waals surface area contributed by atoms with Crippen molar-refractivity contribution in [3.05, 3.63) is 30.1 Å². The van der Waals surface area contributed by atoms with Crippen LogP contribution in [0.15, 0.2) is 29.6 Å². The molecule has 0 saturated heterocycles. The standard InChI is InChI=1S/C9H9N3O/c13-9-5-8(11-12-9)4-7-2-1-3-10-6-7/h1-3,6H,4-5H2,(H,12,13). The first-order chi connectivity index (χ1) is 6.34. The van der Waals surface area contributed by atoms with Gasteiger partial charge in [-0.15, -0.1) is 0 Å². The molecule has 1 aromatic rings. The van der Waals surface area contributed by atoms with Crippen LogP contribution in [0.1, 0.15) is 12.0 Å². The van der Waals surface area contributed by atoms with Crippen molar-refractivity contribution in [2.45, 2.75) is 12.8 Å². The van der Waals surface area contributed by atoms with E-state index in [0.717, 1.165) is 11.3 Å². The summed E-state index contributed by atoms with van der Waals surface area (Å²) in [4.78, 5) is 14.8. The largest absolute Gasteiger partial charge is 0.273 e. The summed E-state index contributed by atoms with van der Waals surface area (Å²) in [6.45, 7) is 0. The lowest BCUT2D eigenvalue weighted by atomic mass is 10.1. The van der Waals surface area contributed by atoms with Gasteiger partial charge in [-0.1, -0.05) is 6.07 Å². The highest BCUT2D eigenvalue weighted by atomic mass is 16.2. The summed E-state index contributed by atoms with van der Waals surface area (Å²) in [5.41, 5.74) is 4.37. The minimum absolute atomic E-state index is 0.0288. The minimum atomic E-state index is -0.0288. The Bertz CT molecular complexity index is 345. The normalized spacial score (nSPS) is 15.4. The molecule has 0 aliphatic carbocycles. The fourth-order valence-corrected chi connectivity index (χ4v) is 1.25. The molecular formula is C9H9N3O. The third-order valence-electron chi connectivity index (χ3n) is 1.83. The van der Waals surface area contributed by atoms with E-state index in [9.17, 15) is 4.79 Å². The molecule has 0 aromatic carbocycles. The SMILES string of the molecule is O=C1CC(Cc2cccnc2)=NN1. The van der Waals surface area contributed by atoms with Crippen LogP contribution in [0.2, 0.25) is 0 Å². The number of nitrogens with zero attached hydrogens (tertiary/aromatic N) is 2. The van der Waals surface area contributed by atoms with Crippen molar-refractivity contribution in [1.29, 1.82) is 0 Å². The van der Waals surface area contributed by atoms with Crippen molar-refractivity contribution >= 4 is 11.6 Å². The van der Waals surface area contributed by atoms with Crippen LogP contribution in [-0.4, -0.2) is 16.6 Å². The molecular weight excluding hydrogens is 166 g/mol. The van der Waals surface area contributed by atoms with Crippen molar-refractivity contribution < 1.29 is 4.79 Å². The number of aromatic nitrogens is 1. The fraction of sp³-hybridized carbons (Fsp3) is 0.222. The van der Waals surface area contributed by atoms with Gasteiger partial charge in [-0.3, -0.25) is 9.78 Å². The third kappa shape index (κ3) is 1.90. The summed E-state index contributed by atoms with van der Waals surface area (Å²) >= 11 is 0. The fourth-order valence-electron chi connectivity index (χ4n) is 1.25. The number of rotatable bonds is 2. The van der Waals surface area contributed by atoms with Crippen molar-refractivity contribution in [1.82, 2.24) is 10.4 Å². The first-order valence-corrected chi connectivity index (χ1v) is 4.08. The van der Waals surface area contributed by atoms with Crippen LogP contribution in [0.5, 0.6) is 0 Å². The van der Waals surface area contributed by atoms with E-state index >= 15 is 0 Å². The smallest absolute Gasteiger partial charge is 0.245 e. The van der Waals surface area contributed by atoms with Gasteiger partial charge < -0.3 is 0 Å². The first kappa shape index (κ1) is 7.91. The number of amides is 1. The lowest BCUT2D eigenvalue weighted by molar-refractivity contribution is -0.119. The van der Waals surface area contributed by atoms with Crippen molar-refractivity contribution in [2.24, 2.45) is 5.10 Å². The molecule has 1 aromatic heterocycles. The predicted octanol–water partition coefficient (Wildman–Crippen LogP) is 0.500. The maximum atomic E-state index is 10.8. The lowest BCUT2D eigenvalue weighted by Crippen LogP contribution is -2.09. The Balaban J connectivity index is 2.04. The summed E-state index contributed by atoms with van der Waals surface area (Å²) in [6, 6.07) is 3.85. The van der Waals surface area contributed by atoms with Crippen LogP contribution in [0, 0.1) is 0 Å². The Hall–Kier alpha value is -1.71. The highest BCUT2D eigenvalue weighted by Crippen LogP contribution is 2.04. The summed E-state index contributed by atoms with van der Waals surface area (Å²) in [5, 5.41) is 3.90. The minimum Gasteiger partial charge on any atom is -0.273 e. The Morgan fingerprint density at radius 2 is 2.46 bits per heavy atom. The zero-order valence-corrected chi connectivity index (χ0v) is 7.03. The monoisotopic (exact) mass is 175 g/mol. The van der Waals surface area contributed by atoms with E-state index in [2.05, 4.69) is 15.5 Å². The van der Waals surface area contributed by atoms with Crippen LogP contribution in [-0.2, 0) is 11.2 Å². The molecule has 1 N–H and O–H groups in total. The Kier molecular flexibility index (Phi) is 2.04.